The third-order valence-electron chi connectivity index (χ3n) is 2.94. The van der Waals surface area contributed by atoms with Crippen LogP contribution in [0.25, 0.3) is 0 Å². The van der Waals surface area contributed by atoms with Crippen LogP contribution in [0, 0.1) is 5.92 Å². The van der Waals surface area contributed by atoms with Crippen molar-refractivity contribution in [1.82, 2.24) is 9.88 Å². The molecule has 0 amide bonds. The smallest absolute Gasteiger partial charge is 0.129 e. The second-order valence-electron chi connectivity index (χ2n) is 4.32. The number of halogens is 1. The second kappa shape index (κ2) is 4.47. The van der Waals surface area contributed by atoms with E-state index in [0.29, 0.717) is 17.1 Å². The highest BCUT2D eigenvalue weighted by atomic mass is 35.5. The maximum absolute atomic E-state index is 5.97. The maximum Gasteiger partial charge on any atom is 0.129 e. The summed E-state index contributed by atoms with van der Waals surface area (Å²) in [7, 11) is 0. The summed E-state index contributed by atoms with van der Waals surface area (Å²) in [6, 6.07) is 4.22. The fraction of sp³-hybridized carbons (Fsp3) is 0.545. The standard InChI is InChI=1S/C11H16ClN3/c1-8-5-15(7-10(8)13)6-9-2-3-14-11(12)4-9/h2-4,8,10H,5-7,13H2,1H3. The van der Waals surface area contributed by atoms with Gasteiger partial charge < -0.3 is 5.73 Å². The monoisotopic (exact) mass is 225 g/mol. The van der Waals surface area contributed by atoms with E-state index in [2.05, 4.69) is 16.8 Å². The predicted octanol–water partition coefficient (Wildman–Crippen LogP) is 1.51. The summed E-state index contributed by atoms with van der Waals surface area (Å²) in [6.45, 7) is 5.16. The van der Waals surface area contributed by atoms with Gasteiger partial charge in [-0.3, -0.25) is 4.90 Å². The largest absolute Gasteiger partial charge is 0.326 e. The number of aromatic nitrogens is 1. The van der Waals surface area contributed by atoms with Crippen LogP contribution in [0.15, 0.2) is 18.3 Å². The van der Waals surface area contributed by atoms with E-state index >= 15 is 0 Å². The zero-order valence-electron chi connectivity index (χ0n) is 8.86. The number of rotatable bonds is 2. The van der Waals surface area contributed by atoms with Crippen molar-refractivity contribution in [2.45, 2.75) is 19.5 Å². The minimum atomic E-state index is 0.308. The molecule has 1 aliphatic rings. The quantitative estimate of drug-likeness (QED) is 0.776. The molecule has 1 aliphatic heterocycles. The summed E-state index contributed by atoms with van der Waals surface area (Å²) in [5, 5.41) is 0.559. The molecule has 4 heteroatoms. The third kappa shape index (κ3) is 2.68. The summed E-state index contributed by atoms with van der Waals surface area (Å²) in [5.74, 6) is 0.585. The van der Waals surface area contributed by atoms with E-state index in [9.17, 15) is 0 Å². The molecule has 0 spiro atoms. The predicted molar refractivity (Wildman–Crippen MR) is 61.7 cm³/mol. The molecule has 0 radical (unpaired) electrons. The number of likely N-dealkylation sites (tertiary alicyclic amines) is 1. The Morgan fingerprint density at radius 3 is 3.00 bits per heavy atom. The van der Waals surface area contributed by atoms with Gasteiger partial charge in [-0.25, -0.2) is 4.98 Å². The Morgan fingerprint density at radius 1 is 1.60 bits per heavy atom. The molecule has 82 valence electrons. The normalized spacial score (nSPS) is 27.1. The Morgan fingerprint density at radius 2 is 2.40 bits per heavy atom. The topological polar surface area (TPSA) is 42.2 Å². The zero-order chi connectivity index (χ0) is 10.8. The molecule has 0 saturated carbocycles. The van der Waals surface area contributed by atoms with Crippen LogP contribution in [0.4, 0.5) is 0 Å². The summed E-state index contributed by atoms with van der Waals surface area (Å²) in [5.41, 5.74) is 7.18. The average Bonchev–Trinajstić information content (AvgIpc) is 2.45. The van der Waals surface area contributed by atoms with Crippen molar-refractivity contribution in [2.24, 2.45) is 11.7 Å². The molecule has 1 aromatic heterocycles. The van der Waals surface area contributed by atoms with Crippen molar-refractivity contribution < 1.29 is 0 Å². The average molecular weight is 226 g/mol. The molecule has 2 unspecified atom stereocenters. The molecule has 0 aliphatic carbocycles. The molecule has 2 N–H and O–H groups in total. The van der Waals surface area contributed by atoms with Crippen LogP contribution in [0.1, 0.15) is 12.5 Å². The Balaban J connectivity index is 1.98. The first-order chi connectivity index (χ1) is 7.15. The highest BCUT2D eigenvalue weighted by molar-refractivity contribution is 6.29. The summed E-state index contributed by atoms with van der Waals surface area (Å²) < 4.78 is 0. The van der Waals surface area contributed by atoms with Gasteiger partial charge in [0.2, 0.25) is 0 Å². The highest BCUT2D eigenvalue weighted by Crippen LogP contribution is 2.18. The van der Waals surface area contributed by atoms with E-state index in [-0.39, 0.29) is 0 Å². The van der Waals surface area contributed by atoms with Crippen molar-refractivity contribution >= 4 is 11.6 Å². The van der Waals surface area contributed by atoms with Crippen LogP contribution in [0.2, 0.25) is 5.15 Å². The summed E-state index contributed by atoms with van der Waals surface area (Å²) >= 11 is 5.83. The molecule has 0 aromatic carbocycles. The first-order valence-electron chi connectivity index (χ1n) is 5.23. The van der Waals surface area contributed by atoms with E-state index in [4.69, 9.17) is 17.3 Å². The first-order valence-corrected chi connectivity index (χ1v) is 5.61. The van der Waals surface area contributed by atoms with Crippen LogP contribution in [-0.2, 0) is 6.54 Å². The van der Waals surface area contributed by atoms with Gasteiger partial charge in [-0.1, -0.05) is 18.5 Å². The maximum atomic E-state index is 5.97. The SMILES string of the molecule is CC1CN(Cc2ccnc(Cl)c2)CC1N. The molecule has 2 heterocycles. The van der Waals surface area contributed by atoms with Crippen molar-refractivity contribution in [3.8, 4) is 0 Å². The van der Waals surface area contributed by atoms with Crippen molar-refractivity contribution in [3.63, 3.8) is 0 Å². The number of pyridine rings is 1. The second-order valence-corrected chi connectivity index (χ2v) is 4.71. The minimum absolute atomic E-state index is 0.308. The minimum Gasteiger partial charge on any atom is -0.326 e. The van der Waals surface area contributed by atoms with Crippen LogP contribution in [-0.4, -0.2) is 29.0 Å². The van der Waals surface area contributed by atoms with Gasteiger partial charge in [0.1, 0.15) is 5.15 Å². The van der Waals surface area contributed by atoms with Gasteiger partial charge in [-0.2, -0.15) is 0 Å². The van der Waals surface area contributed by atoms with Crippen LogP contribution < -0.4 is 5.73 Å². The molecule has 1 aromatic rings. The lowest BCUT2D eigenvalue weighted by Crippen LogP contribution is -2.28. The Bertz CT molecular complexity index is 332. The fourth-order valence-corrected chi connectivity index (χ4v) is 2.22. The van der Waals surface area contributed by atoms with Crippen molar-refractivity contribution in [2.75, 3.05) is 13.1 Å². The lowest BCUT2D eigenvalue weighted by atomic mass is 10.1. The van der Waals surface area contributed by atoms with Gasteiger partial charge >= 0.3 is 0 Å². The fourth-order valence-electron chi connectivity index (χ4n) is 2.02. The van der Waals surface area contributed by atoms with Gasteiger partial charge in [-0.05, 0) is 23.6 Å². The lowest BCUT2D eigenvalue weighted by Gasteiger charge is -2.14. The number of nitrogens with zero attached hydrogens (tertiary/aromatic N) is 2. The van der Waals surface area contributed by atoms with Crippen molar-refractivity contribution in [3.05, 3.63) is 29.0 Å². The van der Waals surface area contributed by atoms with Gasteiger partial charge in [0, 0.05) is 31.9 Å². The molecule has 3 nitrogen and oxygen atoms in total. The van der Waals surface area contributed by atoms with E-state index < -0.39 is 0 Å². The zero-order valence-corrected chi connectivity index (χ0v) is 9.61. The van der Waals surface area contributed by atoms with Crippen LogP contribution >= 0.6 is 11.6 Å². The van der Waals surface area contributed by atoms with Crippen LogP contribution in [0.3, 0.4) is 0 Å². The Labute approximate surface area is 95.2 Å². The molecule has 2 rings (SSSR count). The van der Waals surface area contributed by atoms with E-state index in [1.807, 2.05) is 12.1 Å². The number of nitrogens with two attached hydrogens (primary N) is 1. The third-order valence-corrected chi connectivity index (χ3v) is 3.15. The molecule has 15 heavy (non-hydrogen) atoms. The molecule has 1 fully saturated rings. The first kappa shape index (κ1) is 10.9. The summed E-state index contributed by atoms with van der Waals surface area (Å²) in [4.78, 5) is 6.33. The molecular weight excluding hydrogens is 210 g/mol. The van der Waals surface area contributed by atoms with Crippen LogP contribution in [0.5, 0.6) is 0 Å². The highest BCUT2D eigenvalue weighted by Gasteiger charge is 2.26. The lowest BCUT2D eigenvalue weighted by molar-refractivity contribution is 0.319. The molecular formula is C11H16ClN3. The summed E-state index contributed by atoms with van der Waals surface area (Å²) in [6.07, 6.45) is 1.75. The Hall–Kier alpha value is -0.640. The van der Waals surface area contributed by atoms with Gasteiger partial charge in [0.15, 0.2) is 0 Å². The van der Waals surface area contributed by atoms with Gasteiger partial charge in [-0.15, -0.1) is 0 Å². The number of hydrogen-bond donors (Lipinski definition) is 1. The molecule has 1 saturated heterocycles. The van der Waals surface area contributed by atoms with E-state index in [0.717, 1.165) is 19.6 Å². The van der Waals surface area contributed by atoms with E-state index in [1.165, 1.54) is 5.56 Å². The molecule has 2 atom stereocenters. The van der Waals surface area contributed by atoms with Crippen molar-refractivity contribution in [1.29, 1.82) is 0 Å². The van der Waals surface area contributed by atoms with Gasteiger partial charge in [0.05, 0.1) is 0 Å². The van der Waals surface area contributed by atoms with E-state index in [1.54, 1.807) is 6.20 Å². The molecule has 0 bridgehead atoms. The van der Waals surface area contributed by atoms with Gasteiger partial charge in [0.25, 0.3) is 0 Å². The number of hydrogen-bond acceptors (Lipinski definition) is 3. The Kier molecular flexibility index (Phi) is 3.24.